The molecule has 0 aliphatic carbocycles. The summed E-state index contributed by atoms with van der Waals surface area (Å²) >= 11 is 0. The number of hydrogen-bond acceptors (Lipinski definition) is 2. The molecule has 2 aromatic rings. The van der Waals surface area contributed by atoms with Gasteiger partial charge < -0.3 is 5.73 Å². The standard InChI is InChI=1S/C10H9F2N3/c11-7-1-6(2-8(12)3-7)10-4-9(5-13)14-15-10/h1-4H,5,13H2,(H,14,15). The van der Waals surface area contributed by atoms with Crippen molar-refractivity contribution in [3.63, 3.8) is 0 Å². The molecular weight excluding hydrogens is 200 g/mol. The van der Waals surface area contributed by atoms with Gasteiger partial charge in [0.2, 0.25) is 0 Å². The molecular formula is C10H9F2N3. The first-order valence-corrected chi connectivity index (χ1v) is 4.40. The van der Waals surface area contributed by atoms with Gasteiger partial charge in [0.05, 0.1) is 5.69 Å². The maximum absolute atomic E-state index is 12.9. The molecule has 0 saturated carbocycles. The van der Waals surface area contributed by atoms with Crippen LogP contribution in [0.4, 0.5) is 8.78 Å². The van der Waals surface area contributed by atoms with Crippen molar-refractivity contribution < 1.29 is 8.78 Å². The Morgan fingerprint density at radius 2 is 1.80 bits per heavy atom. The third kappa shape index (κ3) is 2.02. The van der Waals surface area contributed by atoms with Gasteiger partial charge in [-0.25, -0.2) is 8.78 Å². The van der Waals surface area contributed by atoms with E-state index in [0.717, 1.165) is 11.8 Å². The SMILES string of the molecule is NCc1cc(-c2cc(F)cc(F)c2)n[nH]1. The van der Waals surface area contributed by atoms with Crippen LogP contribution in [-0.2, 0) is 6.54 Å². The van der Waals surface area contributed by atoms with E-state index in [1.54, 1.807) is 6.07 Å². The third-order valence-corrected chi connectivity index (χ3v) is 2.01. The van der Waals surface area contributed by atoms with E-state index in [0.29, 0.717) is 17.8 Å². The summed E-state index contributed by atoms with van der Waals surface area (Å²) in [5.41, 5.74) is 6.97. The number of halogens is 2. The molecule has 3 N–H and O–H groups in total. The Labute approximate surface area is 84.9 Å². The topological polar surface area (TPSA) is 54.7 Å². The van der Waals surface area contributed by atoms with E-state index in [2.05, 4.69) is 10.2 Å². The fraction of sp³-hybridized carbons (Fsp3) is 0.100. The van der Waals surface area contributed by atoms with E-state index >= 15 is 0 Å². The van der Waals surface area contributed by atoms with E-state index in [9.17, 15) is 8.78 Å². The van der Waals surface area contributed by atoms with Gasteiger partial charge in [-0.15, -0.1) is 0 Å². The summed E-state index contributed by atoms with van der Waals surface area (Å²) in [6.45, 7) is 0.310. The van der Waals surface area contributed by atoms with Crippen LogP contribution in [0.25, 0.3) is 11.3 Å². The largest absolute Gasteiger partial charge is 0.325 e. The molecule has 0 aliphatic heterocycles. The van der Waals surface area contributed by atoms with Gasteiger partial charge in [-0.1, -0.05) is 0 Å². The van der Waals surface area contributed by atoms with Crippen LogP contribution in [0.15, 0.2) is 24.3 Å². The Kier molecular flexibility index (Phi) is 2.47. The smallest absolute Gasteiger partial charge is 0.126 e. The molecule has 0 atom stereocenters. The van der Waals surface area contributed by atoms with Crippen molar-refractivity contribution in [1.82, 2.24) is 10.2 Å². The Hall–Kier alpha value is -1.75. The second-order valence-electron chi connectivity index (χ2n) is 3.14. The summed E-state index contributed by atoms with van der Waals surface area (Å²) in [5, 5.41) is 6.57. The molecule has 0 fully saturated rings. The van der Waals surface area contributed by atoms with Gasteiger partial charge in [0.1, 0.15) is 11.6 Å². The van der Waals surface area contributed by atoms with E-state index in [4.69, 9.17) is 5.73 Å². The maximum Gasteiger partial charge on any atom is 0.126 e. The zero-order chi connectivity index (χ0) is 10.8. The van der Waals surface area contributed by atoms with Crippen LogP contribution < -0.4 is 5.73 Å². The number of nitrogens with two attached hydrogens (primary N) is 1. The number of nitrogens with zero attached hydrogens (tertiary/aromatic N) is 1. The molecule has 1 heterocycles. The molecule has 0 unspecified atom stereocenters. The predicted octanol–water partition coefficient (Wildman–Crippen LogP) is 1.81. The first kappa shape index (κ1) is 9.79. The maximum atomic E-state index is 12.9. The van der Waals surface area contributed by atoms with Crippen molar-refractivity contribution in [3.05, 3.63) is 41.6 Å². The lowest BCUT2D eigenvalue weighted by Gasteiger charge is -1.96. The van der Waals surface area contributed by atoms with Crippen LogP contribution >= 0.6 is 0 Å². The van der Waals surface area contributed by atoms with E-state index in [1.807, 2.05) is 0 Å². The minimum Gasteiger partial charge on any atom is -0.325 e. The van der Waals surface area contributed by atoms with Gasteiger partial charge in [-0.3, -0.25) is 5.10 Å². The van der Waals surface area contributed by atoms with Crippen LogP contribution in [0.5, 0.6) is 0 Å². The van der Waals surface area contributed by atoms with Crippen molar-refractivity contribution in [2.24, 2.45) is 5.73 Å². The summed E-state index contributed by atoms with van der Waals surface area (Å²) < 4.78 is 25.8. The van der Waals surface area contributed by atoms with E-state index in [-0.39, 0.29) is 0 Å². The molecule has 0 radical (unpaired) electrons. The van der Waals surface area contributed by atoms with Crippen LogP contribution in [0.2, 0.25) is 0 Å². The molecule has 15 heavy (non-hydrogen) atoms. The van der Waals surface area contributed by atoms with E-state index in [1.165, 1.54) is 12.1 Å². The van der Waals surface area contributed by atoms with Crippen molar-refractivity contribution in [1.29, 1.82) is 0 Å². The van der Waals surface area contributed by atoms with Crippen molar-refractivity contribution in [3.8, 4) is 11.3 Å². The Balaban J connectivity index is 2.44. The zero-order valence-electron chi connectivity index (χ0n) is 7.80. The van der Waals surface area contributed by atoms with Crippen molar-refractivity contribution >= 4 is 0 Å². The first-order chi connectivity index (χ1) is 7.19. The Morgan fingerprint density at radius 1 is 1.13 bits per heavy atom. The van der Waals surface area contributed by atoms with E-state index < -0.39 is 11.6 Å². The quantitative estimate of drug-likeness (QED) is 0.792. The molecule has 0 bridgehead atoms. The van der Waals surface area contributed by atoms with Crippen LogP contribution in [-0.4, -0.2) is 10.2 Å². The molecule has 3 nitrogen and oxygen atoms in total. The molecule has 1 aromatic heterocycles. The zero-order valence-corrected chi connectivity index (χ0v) is 7.80. The second-order valence-corrected chi connectivity index (χ2v) is 3.14. The average molecular weight is 209 g/mol. The molecule has 0 amide bonds. The number of hydrogen-bond donors (Lipinski definition) is 2. The van der Waals surface area contributed by atoms with Gasteiger partial charge in [0, 0.05) is 23.9 Å². The Morgan fingerprint density at radius 3 is 2.33 bits per heavy atom. The van der Waals surface area contributed by atoms with Crippen molar-refractivity contribution in [2.75, 3.05) is 0 Å². The van der Waals surface area contributed by atoms with Crippen LogP contribution in [0.1, 0.15) is 5.69 Å². The summed E-state index contributed by atoms with van der Waals surface area (Å²) in [6, 6.07) is 4.92. The lowest BCUT2D eigenvalue weighted by Crippen LogP contribution is -1.95. The average Bonchev–Trinajstić information content (AvgIpc) is 2.64. The van der Waals surface area contributed by atoms with Gasteiger partial charge in [0.25, 0.3) is 0 Å². The number of rotatable bonds is 2. The summed E-state index contributed by atoms with van der Waals surface area (Å²) in [6.07, 6.45) is 0. The summed E-state index contributed by atoms with van der Waals surface area (Å²) in [5.74, 6) is -1.25. The minimum atomic E-state index is -0.623. The molecule has 0 spiro atoms. The number of nitrogens with one attached hydrogen (secondary N) is 1. The summed E-state index contributed by atoms with van der Waals surface area (Å²) in [7, 11) is 0. The lowest BCUT2D eigenvalue weighted by atomic mass is 10.1. The molecule has 5 heteroatoms. The van der Waals surface area contributed by atoms with Crippen LogP contribution in [0, 0.1) is 11.6 Å². The number of H-pyrrole nitrogens is 1. The second kappa shape index (κ2) is 3.78. The molecule has 78 valence electrons. The molecule has 0 aliphatic rings. The van der Waals surface area contributed by atoms with Crippen molar-refractivity contribution in [2.45, 2.75) is 6.54 Å². The van der Waals surface area contributed by atoms with Gasteiger partial charge in [0.15, 0.2) is 0 Å². The minimum absolute atomic E-state index is 0.310. The Bertz CT molecular complexity index is 459. The third-order valence-electron chi connectivity index (χ3n) is 2.01. The molecule has 1 aromatic carbocycles. The number of aromatic amines is 1. The highest BCUT2D eigenvalue weighted by molar-refractivity contribution is 5.59. The highest BCUT2D eigenvalue weighted by Crippen LogP contribution is 2.20. The molecule has 0 saturated heterocycles. The fourth-order valence-electron chi connectivity index (χ4n) is 1.32. The fourth-order valence-corrected chi connectivity index (χ4v) is 1.32. The highest BCUT2D eigenvalue weighted by atomic mass is 19.1. The lowest BCUT2D eigenvalue weighted by molar-refractivity contribution is 0.584. The predicted molar refractivity (Wildman–Crippen MR) is 51.8 cm³/mol. The van der Waals surface area contributed by atoms with Gasteiger partial charge in [-0.2, -0.15) is 5.10 Å². The number of aromatic nitrogens is 2. The van der Waals surface area contributed by atoms with Gasteiger partial charge in [-0.05, 0) is 18.2 Å². The molecule has 2 rings (SSSR count). The monoisotopic (exact) mass is 209 g/mol. The normalized spacial score (nSPS) is 10.6. The summed E-state index contributed by atoms with van der Waals surface area (Å²) in [4.78, 5) is 0. The number of benzene rings is 1. The van der Waals surface area contributed by atoms with Gasteiger partial charge >= 0.3 is 0 Å². The first-order valence-electron chi connectivity index (χ1n) is 4.40. The van der Waals surface area contributed by atoms with Crippen LogP contribution in [0.3, 0.4) is 0 Å². The highest BCUT2D eigenvalue weighted by Gasteiger charge is 2.06.